The highest BCUT2D eigenvalue weighted by atomic mass is 19.4. The number of rotatable bonds is 4. The summed E-state index contributed by atoms with van der Waals surface area (Å²) in [6.45, 7) is 1.76. The molecule has 0 N–H and O–H groups in total. The summed E-state index contributed by atoms with van der Waals surface area (Å²) in [4.78, 5) is 9.87. The molecule has 0 aromatic rings. The van der Waals surface area contributed by atoms with Gasteiger partial charge in [0.05, 0.1) is 6.61 Å². The molecule has 0 aliphatic carbocycles. The fourth-order valence-electron chi connectivity index (χ4n) is 0.599. The maximum atomic E-state index is 11.8. The summed E-state index contributed by atoms with van der Waals surface area (Å²) >= 11 is 0. The predicted octanol–water partition coefficient (Wildman–Crippen LogP) is 2.25. The molecule has 0 bridgehead atoms. The first-order chi connectivity index (χ1) is 6.59. The third-order valence-corrected chi connectivity index (χ3v) is 1.20. The second-order valence-corrected chi connectivity index (χ2v) is 2.55. The number of alkyl halides is 6. The maximum Gasteiger partial charge on any atom is 0.423 e. The third kappa shape index (κ3) is 4.82. The van der Waals surface area contributed by atoms with Crippen molar-refractivity contribution in [2.45, 2.75) is 18.5 Å². The lowest BCUT2D eigenvalue weighted by atomic mass is 10.3. The topological polar surface area (TPSA) is 26.3 Å². The van der Waals surface area contributed by atoms with Crippen LogP contribution < -0.4 is 0 Å². The van der Waals surface area contributed by atoms with Gasteiger partial charge >= 0.3 is 12.4 Å². The molecule has 0 aromatic carbocycles. The van der Waals surface area contributed by atoms with E-state index in [0.29, 0.717) is 0 Å². The standard InChI is InChI=1S/C7H6F6O2/c1-4(2-14)3-15-5(6(8,9)10)7(11,12)13/h2,5H,1,3H2. The summed E-state index contributed by atoms with van der Waals surface area (Å²) in [6.07, 6.45) is -15.0. The molecule has 0 unspecified atom stereocenters. The minimum absolute atomic E-state index is 0.0177. The minimum atomic E-state index is -5.57. The van der Waals surface area contributed by atoms with Crippen molar-refractivity contribution in [2.24, 2.45) is 0 Å². The van der Waals surface area contributed by atoms with E-state index < -0.39 is 30.6 Å². The molecule has 2 nitrogen and oxygen atoms in total. The fourth-order valence-corrected chi connectivity index (χ4v) is 0.599. The van der Waals surface area contributed by atoms with Crippen molar-refractivity contribution in [3.05, 3.63) is 12.2 Å². The van der Waals surface area contributed by atoms with E-state index in [9.17, 15) is 31.1 Å². The number of aldehydes is 1. The van der Waals surface area contributed by atoms with Gasteiger partial charge < -0.3 is 4.74 Å². The first-order valence-electron chi connectivity index (χ1n) is 3.47. The molecule has 0 saturated heterocycles. The number of ether oxygens (including phenoxy) is 1. The van der Waals surface area contributed by atoms with Gasteiger partial charge in [-0.05, 0) is 0 Å². The predicted molar refractivity (Wildman–Crippen MR) is 37.1 cm³/mol. The van der Waals surface area contributed by atoms with E-state index in [1.54, 1.807) is 0 Å². The number of carbonyl (C=O) groups is 1. The van der Waals surface area contributed by atoms with Crippen LogP contribution in [0.5, 0.6) is 0 Å². The van der Waals surface area contributed by atoms with E-state index in [2.05, 4.69) is 11.3 Å². The summed E-state index contributed by atoms with van der Waals surface area (Å²) in [5, 5.41) is 0. The summed E-state index contributed by atoms with van der Waals surface area (Å²) in [5.74, 6) is 0. The first kappa shape index (κ1) is 13.9. The molecular formula is C7H6F6O2. The smallest absolute Gasteiger partial charge is 0.356 e. The van der Waals surface area contributed by atoms with Crippen molar-refractivity contribution in [3.63, 3.8) is 0 Å². The van der Waals surface area contributed by atoms with Crippen LogP contribution in [0.3, 0.4) is 0 Å². The molecular weight excluding hydrogens is 230 g/mol. The highest BCUT2D eigenvalue weighted by Gasteiger charge is 2.57. The van der Waals surface area contributed by atoms with Crippen LogP contribution in [0.4, 0.5) is 26.3 Å². The Balaban J connectivity index is 4.55. The van der Waals surface area contributed by atoms with Gasteiger partial charge in [0.15, 0.2) is 0 Å². The first-order valence-corrected chi connectivity index (χ1v) is 3.47. The normalized spacial score (nSPS) is 13.0. The zero-order chi connectivity index (χ0) is 12.3. The van der Waals surface area contributed by atoms with E-state index in [1.807, 2.05) is 0 Å². The zero-order valence-electron chi connectivity index (χ0n) is 7.15. The average Bonchev–Trinajstić information content (AvgIpc) is 1.99. The van der Waals surface area contributed by atoms with Crippen LogP contribution in [-0.2, 0) is 9.53 Å². The van der Waals surface area contributed by atoms with E-state index in [4.69, 9.17) is 0 Å². The molecule has 0 atom stereocenters. The molecule has 0 radical (unpaired) electrons. The van der Waals surface area contributed by atoms with Crippen LogP contribution >= 0.6 is 0 Å². The van der Waals surface area contributed by atoms with E-state index in [-0.39, 0.29) is 6.29 Å². The number of hydrogen-bond donors (Lipinski definition) is 0. The van der Waals surface area contributed by atoms with Gasteiger partial charge in [-0.3, -0.25) is 4.79 Å². The summed E-state index contributed by atoms with van der Waals surface area (Å²) in [6, 6.07) is 0. The van der Waals surface area contributed by atoms with Crippen molar-refractivity contribution < 1.29 is 35.9 Å². The van der Waals surface area contributed by atoms with Gasteiger partial charge in [0.2, 0.25) is 6.10 Å². The highest BCUT2D eigenvalue weighted by molar-refractivity contribution is 5.72. The Morgan fingerprint density at radius 2 is 1.60 bits per heavy atom. The van der Waals surface area contributed by atoms with E-state index in [0.717, 1.165) is 0 Å². The molecule has 0 aliphatic heterocycles. The Morgan fingerprint density at radius 1 is 1.20 bits per heavy atom. The maximum absolute atomic E-state index is 11.8. The zero-order valence-corrected chi connectivity index (χ0v) is 7.15. The fraction of sp³-hybridized carbons (Fsp3) is 0.571. The molecule has 0 spiro atoms. The monoisotopic (exact) mass is 236 g/mol. The summed E-state index contributed by atoms with van der Waals surface area (Å²) in [7, 11) is 0. The molecule has 8 heteroatoms. The minimum Gasteiger partial charge on any atom is -0.356 e. The van der Waals surface area contributed by atoms with Gasteiger partial charge in [0.25, 0.3) is 0 Å². The van der Waals surface area contributed by atoms with Crippen LogP contribution in [0.1, 0.15) is 0 Å². The quantitative estimate of drug-likeness (QED) is 0.425. The molecule has 0 aliphatic rings. The van der Waals surface area contributed by atoms with Crippen LogP contribution in [0, 0.1) is 0 Å². The van der Waals surface area contributed by atoms with Crippen molar-refractivity contribution in [1.29, 1.82) is 0 Å². The Labute approximate surface area is 80.5 Å². The molecule has 0 aromatic heterocycles. The van der Waals surface area contributed by atoms with E-state index in [1.165, 1.54) is 0 Å². The van der Waals surface area contributed by atoms with E-state index >= 15 is 0 Å². The Hall–Kier alpha value is -1.05. The number of halogens is 6. The van der Waals surface area contributed by atoms with Crippen LogP contribution in [0.15, 0.2) is 12.2 Å². The molecule has 15 heavy (non-hydrogen) atoms. The van der Waals surface area contributed by atoms with Crippen molar-refractivity contribution in [1.82, 2.24) is 0 Å². The van der Waals surface area contributed by atoms with Gasteiger partial charge in [0.1, 0.15) is 6.29 Å². The van der Waals surface area contributed by atoms with Gasteiger partial charge in [-0.15, -0.1) is 0 Å². The van der Waals surface area contributed by atoms with Gasteiger partial charge in [0, 0.05) is 5.57 Å². The Morgan fingerprint density at radius 3 is 1.87 bits per heavy atom. The van der Waals surface area contributed by atoms with Crippen molar-refractivity contribution in [2.75, 3.05) is 6.61 Å². The summed E-state index contributed by atoms with van der Waals surface area (Å²) < 4.78 is 74.4. The van der Waals surface area contributed by atoms with Gasteiger partial charge in [-0.25, -0.2) is 0 Å². The second kappa shape index (κ2) is 4.65. The lowest BCUT2D eigenvalue weighted by molar-refractivity contribution is -0.319. The van der Waals surface area contributed by atoms with Gasteiger partial charge in [-0.1, -0.05) is 6.58 Å². The Kier molecular flexibility index (Phi) is 4.32. The second-order valence-electron chi connectivity index (χ2n) is 2.55. The lowest BCUT2D eigenvalue weighted by Gasteiger charge is -2.22. The average molecular weight is 236 g/mol. The van der Waals surface area contributed by atoms with Gasteiger partial charge in [-0.2, -0.15) is 26.3 Å². The Bertz CT molecular complexity index is 227. The molecule has 0 heterocycles. The lowest BCUT2D eigenvalue weighted by Crippen LogP contribution is -2.44. The SMILES string of the molecule is C=C(C=O)COC(C(F)(F)F)C(F)(F)F. The van der Waals surface area contributed by atoms with Crippen molar-refractivity contribution >= 4 is 6.29 Å². The van der Waals surface area contributed by atoms with Crippen LogP contribution in [-0.4, -0.2) is 31.3 Å². The molecule has 0 amide bonds. The molecule has 0 saturated carbocycles. The third-order valence-electron chi connectivity index (χ3n) is 1.20. The molecule has 0 fully saturated rings. The number of hydrogen-bond acceptors (Lipinski definition) is 2. The van der Waals surface area contributed by atoms with Crippen LogP contribution in [0.25, 0.3) is 0 Å². The largest absolute Gasteiger partial charge is 0.423 e. The highest BCUT2D eigenvalue weighted by Crippen LogP contribution is 2.35. The van der Waals surface area contributed by atoms with Crippen LogP contribution in [0.2, 0.25) is 0 Å². The molecule has 88 valence electrons. The molecule has 0 rings (SSSR count). The summed E-state index contributed by atoms with van der Waals surface area (Å²) in [5.41, 5.74) is -0.506. The van der Waals surface area contributed by atoms with Crippen molar-refractivity contribution in [3.8, 4) is 0 Å². The number of carbonyl (C=O) groups excluding carboxylic acids is 1.